The van der Waals surface area contributed by atoms with Gasteiger partial charge in [0, 0.05) is 38.4 Å². The number of nitrogens with zero attached hydrogens (tertiary/aromatic N) is 3. The van der Waals surface area contributed by atoms with E-state index in [2.05, 4.69) is 40.2 Å². The van der Waals surface area contributed by atoms with Crippen LogP contribution in [0.4, 0.5) is 5.82 Å². The van der Waals surface area contributed by atoms with Crippen LogP contribution < -0.4 is 10.2 Å². The van der Waals surface area contributed by atoms with E-state index >= 15 is 0 Å². The molecular formula is C13H22N4O. The number of anilines is 1. The molecule has 2 heterocycles. The quantitative estimate of drug-likeness (QED) is 0.840. The van der Waals surface area contributed by atoms with Crippen molar-refractivity contribution in [1.29, 1.82) is 0 Å². The highest BCUT2D eigenvalue weighted by molar-refractivity contribution is 5.38. The van der Waals surface area contributed by atoms with Crippen molar-refractivity contribution in [2.45, 2.75) is 25.9 Å². The molecule has 1 aromatic heterocycles. The predicted octanol–water partition coefficient (Wildman–Crippen LogP) is 0.854. The molecule has 1 N–H and O–H groups in total. The summed E-state index contributed by atoms with van der Waals surface area (Å²) < 4.78 is 5.70. The van der Waals surface area contributed by atoms with Gasteiger partial charge in [-0.25, -0.2) is 9.97 Å². The Morgan fingerprint density at radius 2 is 2.39 bits per heavy atom. The second-order valence-corrected chi connectivity index (χ2v) is 4.69. The van der Waals surface area contributed by atoms with Crippen LogP contribution in [0, 0.1) is 0 Å². The summed E-state index contributed by atoms with van der Waals surface area (Å²) in [4.78, 5) is 10.7. The van der Waals surface area contributed by atoms with E-state index in [9.17, 15) is 0 Å². The molecule has 100 valence electrons. The van der Waals surface area contributed by atoms with Crippen LogP contribution in [0.25, 0.3) is 0 Å². The van der Waals surface area contributed by atoms with Gasteiger partial charge in [-0.15, -0.1) is 0 Å². The molecule has 2 rings (SSSR count). The lowest BCUT2D eigenvalue weighted by Crippen LogP contribution is -2.44. The maximum Gasteiger partial charge on any atom is 0.132 e. The highest BCUT2D eigenvalue weighted by Gasteiger charge is 2.16. The van der Waals surface area contributed by atoms with E-state index in [4.69, 9.17) is 4.74 Å². The van der Waals surface area contributed by atoms with Crippen LogP contribution in [0.15, 0.2) is 12.4 Å². The molecule has 0 aliphatic carbocycles. The van der Waals surface area contributed by atoms with Gasteiger partial charge >= 0.3 is 0 Å². The Labute approximate surface area is 109 Å². The van der Waals surface area contributed by atoms with Crippen LogP contribution >= 0.6 is 0 Å². The minimum absolute atomic E-state index is 0.244. The first-order valence-electron chi connectivity index (χ1n) is 6.64. The molecule has 5 nitrogen and oxygen atoms in total. The van der Waals surface area contributed by atoms with Gasteiger partial charge < -0.3 is 15.0 Å². The van der Waals surface area contributed by atoms with Gasteiger partial charge in [-0.3, -0.25) is 0 Å². The van der Waals surface area contributed by atoms with Crippen LogP contribution in [0.5, 0.6) is 0 Å². The van der Waals surface area contributed by atoms with Crippen molar-refractivity contribution in [3.05, 3.63) is 18.1 Å². The average molecular weight is 250 g/mol. The smallest absolute Gasteiger partial charge is 0.132 e. The third-order valence-electron chi connectivity index (χ3n) is 3.09. The fourth-order valence-electron chi connectivity index (χ4n) is 2.12. The molecule has 0 radical (unpaired) electrons. The number of hydrogen-bond acceptors (Lipinski definition) is 5. The number of morpholine rings is 1. The Kier molecular flexibility index (Phi) is 4.90. The van der Waals surface area contributed by atoms with Crippen LogP contribution in [0.3, 0.4) is 0 Å². The minimum atomic E-state index is 0.244. The van der Waals surface area contributed by atoms with Crippen molar-refractivity contribution in [2.75, 3.05) is 38.2 Å². The molecule has 0 aromatic carbocycles. The summed E-state index contributed by atoms with van der Waals surface area (Å²) in [6, 6.07) is 2.07. The average Bonchev–Trinajstić information content (AvgIpc) is 2.40. The van der Waals surface area contributed by atoms with Gasteiger partial charge in [-0.2, -0.15) is 0 Å². The van der Waals surface area contributed by atoms with Gasteiger partial charge in [0.25, 0.3) is 0 Å². The molecule has 1 unspecified atom stereocenters. The zero-order chi connectivity index (χ0) is 12.8. The molecule has 1 aromatic rings. The van der Waals surface area contributed by atoms with Crippen molar-refractivity contribution in [1.82, 2.24) is 15.3 Å². The fraction of sp³-hybridized carbons (Fsp3) is 0.692. The molecule has 0 spiro atoms. The van der Waals surface area contributed by atoms with Gasteiger partial charge in [0.15, 0.2) is 0 Å². The lowest BCUT2D eigenvalue weighted by molar-refractivity contribution is 0.0339. The van der Waals surface area contributed by atoms with Crippen molar-refractivity contribution >= 4 is 5.82 Å². The summed E-state index contributed by atoms with van der Waals surface area (Å²) in [5.41, 5.74) is 1.11. The lowest BCUT2D eigenvalue weighted by atomic mass is 10.2. The number of nitrogens with one attached hydrogen (secondary N) is 1. The first-order valence-corrected chi connectivity index (χ1v) is 6.64. The Bertz CT molecular complexity index is 366. The van der Waals surface area contributed by atoms with Gasteiger partial charge in [-0.1, -0.05) is 13.3 Å². The number of aromatic nitrogens is 2. The van der Waals surface area contributed by atoms with E-state index in [-0.39, 0.29) is 6.10 Å². The molecule has 0 bridgehead atoms. The molecule has 0 saturated carbocycles. The normalized spacial score (nSPS) is 19.8. The number of rotatable bonds is 5. The molecular weight excluding hydrogens is 228 g/mol. The Morgan fingerprint density at radius 3 is 3.11 bits per heavy atom. The van der Waals surface area contributed by atoms with E-state index in [0.717, 1.165) is 50.6 Å². The zero-order valence-electron chi connectivity index (χ0n) is 11.2. The molecule has 0 amide bonds. The number of hydrogen-bond donors (Lipinski definition) is 1. The largest absolute Gasteiger partial charge is 0.374 e. The maximum absolute atomic E-state index is 5.70. The summed E-state index contributed by atoms with van der Waals surface area (Å²) in [5.74, 6) is 0.975. The monoisotopic (exact) mass is 250 g/mol. The maximum atomic E-state index is 5.70. The van der Waals surface area contributed by atoms with E-state index < -0.39 is 0 Å². The first-order chi connectivity index (χ1) is 8.79. The Balaban J connectivity index is 1.94. The van der Waals surface area contributed by atoms with Gasteiger partial charge in [0.2, 0.25) is 0 Å². The van der Waals surface area contributed by atoms with Crippen molar-refractivity contribution in [2.24, 2.45) is 0 Å². The second-order valence-electron chi connectivity index (χ2n) is 4.69. The van der Waals surface area contributed by atoms with Gasteiger partial charge in [0.05, 0.1) is 12.7 Å². The summed E-state index contributed by atoms with van der Waals surface area (Å²) in [6.45, 7) is 5.68. The SMILES string of the molecule is CCCc1cc(N(C)CC2CNCCO2)ncn1. The highest BCUT2D eigenvalue weighted by atomic mass is 16.5. The van der Waals surface area contributed by atoms with Crippen molar-refractivity contribution in [3.63, 3.8) is 0 Å². The standard InChI is InChI=1S/C13H22N4O/c1-3-4-11-7-13(16-10-15-11)17(2)9-12-8-14-5-6-18-12/h7,10,12,14H,3-6,8-9H2,1-2H3. The van der Waals surface area contributed by atoms with Gasteiger partial charge in [0.1, 0.15) is 12.1 Å². The third kappa shape index (κ3) is 3.65. The van der Waals surface area contributed by atoms with Crippen LogP contribution in [-0.4, -0.2) is 49.4 Å². The molecule has 1 saturated heterocycles. The molecule has 1 aliphatic heterocycles. The van der Waals surface area contributed by atoms with Crippen molar-refractivity contribution in [3.8, 4) is 0 Å². The zero-order valence-corrected chi connectivity index (χ0v) is 11.2. The first kappa shape index (κ1) is 13.2. The van der Waals surface area contributed by atoms with Gasteiger partial charge in [-0.05, 0) is 6.42 Å². The Morgan fingerprint density at radius 1 is 1.50 bits per heavy atom. The second kappa shape index (κ2) is 6.66. The highest BCUT2D eigenvalue weighted by Crippen LogP contribution is 2.12. The summed E-state index contributed by atoms with van der Waals surface area (Å²) in [6.07, 6.45) is 4.01. The summed E-state index contributed by atoms with van der Waals surface area (Å²) in [5, 5.41) is 3.34. The minimum Gasteiger partial charge on any atom is -0.374 e. The van der Waals surface area contributed by atoms with Crippen LogP contribution in [0.1, 0.15) is 19.0 Å². The predicted molar refractivity (Wildman–Crippen MR) is 71.9 cm³/mol. The number of aryl methyl sites for hydroxylation is 1. The molecule has 1 atom stereocenters. The number of likely N-dealkylation sites (N-methyl/N-ethyl adjacent to an activating group) is 1. The topological polar surface area (TPSA) is 50.3 Å². The molecule has 5 heteroatoms. The van der Waals surface area contributed by atoms with Crippen LogP contribution in [-0.2, 0) is 11.2 Å². The van der Waals surface area contributed by atoms with Crippen LogP contribution in [0.2, 0.25) is 0 Å². The fourth-order valence-corrected chi connectivity index (χ4v) is 2.12. The Hall–Kier alpha value is -1.20. The molecule has 1 aliphatic rings. The van der Waals surface area contributed by atoms with E-state index in [1.165, 1.54) is 0 Å². The number of ether oxygens (including phenoxy) is 1. The van der Waals surface area contributed by atoms with E-state index in [1.54, 1.807) is 6.33 Å². The lowest BCUT2D eigenvalue weighted by Gasteiger charge is -2.28. The summed E-state index contributed by atoms with van der Waals surface area (Å²) in [7, 11) is 2.05. The van der Waals surface area contributed by atoms with E-state index in [1.807, 2.05) is 0 Å². The van der Waals surface area contributed by atoms with Crippen molar-refractivity contribution < 1.29 is 4.74 Å². The molecule has 18 heavy (non-hydrogen) atoms. The summed E-state index contributed by atoms with van der Waals surface area (Å²) >= 11 is 0. The molecule has 1 fully saturated rings. The van der Waals surface area contributed by atoms with E-state index in [0.29, 0.717) is 0 Å². The third-order valence-corrected chi connectivity index (χ3v) is 3.09.